The van der Waals surface area contributed by atoms with Crippen LogP contribution in [-0.4, -0.2) is 72.6 Å². The van der Waals surface area contributed by atoms with Gasteiger partial charge in [0.1, 0.15) is 17.4 Å². The number of para-hydroxylation sites is 2. The monoisotopic (exact) mass is 479 g/mol. The van der Waals surface area contributed by atoms with E-state index in [0.717, 1.165) is 22.0 Å². The van der Waals surface area contributed by atoms with Gasteiger partial charge in [0.2, 0.25) is 12.0 Å². The van der Waals surface area contributed by atoms with Gasteiger partial charge >= 0.3 is 0 Å². The van der Waals surface area contributed by atoms with Crippen molar-refractivity contribution in [3.05, 3.63) is 59.6 Å². The van der Waals surface area contributed by atoms with E-state index >= 15 is 0 Å². The Labute approximate surface area is 201 Å². The second-order valence-electron chi connectivity index (χ2n) is 8.12. The summed E-state index contributed by atoms with van der Waals surface area (Å²) < 4.78 is 16.7. The maximum Gasteiger partial charge on any atom is 0.267 e. The molecule has 0 unspecified atom stereocenters. The number of hydrogen-bond acceptors (Lipinski definition) is 7. The highest BCUT2D eigenvalue weighted by Crippen LogP contribution is 2.31. The van der Waals surface area contributed by atoms with Crippen molar-refractivity contribution in [3.8, 4) is 27.8 Å². The summed E-state index contributed by atoms with van der Waals surface area (Å²) in [6.45, 7) is 2.12. The van der Waals surface area contributed by atoms with Crippen LogP contribution in [0, 0.1) is 0 Å². The van der Waals surface area contributed by atoms with Gasteiger partial charge in [0.05, 0.1) is 19.2 Å². The maximum absolute atomic E-state index is 12.9. The lowest BCUT2D eigenvalue weighted by molar-refractivity contribution is -0.146. The van der Waals surface area contributed by atoms with Crippen LogP contribution in [0.1, 0.15) is 5.69 Å². The molecule has 8 nitrogen and oxygen atoms in total. The van der Waals surface area contributed by atoms with Crippen molar-refractivity contribution < 1.29 is 23.8 Å². The smallest absolute Gasteiger partial charge is 0.267 e. The Bertz CT molecular complexity index is 1170. The summed E-state index contributed by atoms with van der Waals surface area (Å²) in [5, 5.41) is 2.80. The molecule has 2 aliphatic rings. The van der Waals surface area contributed by atoms with Crippen LogP contribution in [0.15, 0.2) is 53.9 Å². The Kier molecular flexibility index (Phi) is 6.35. The van der Waals surface area contributed by atoms with Crippen molar-refractivity contribution in [2.45, 2.75) is 12.5 Å². The number of ether oxygens (including phenoxy) is 3. The number of aromatic nitrogens is 1. The number of nitrogens with zero attached hydrogens (tertiary/aromatic N) is 3. The number of amides is 2. The first-order valence-corrected chi connectivity index (χ1v) is 12.0. The van der Waals surface area contributed by atoms with Crippen molar-refractivity contribution in [1.82, 2.24) is 14.8 Å². The van der Waals surface area contributed by atoms with Gasteiger partial charge in [-0.1, -0.05) is 12.1 Å². The average molecular weight is 480 g/mol. The molecule has 9 heteroatoms. The third kappa shape index (κ3) is 4.70. The molecule has 0 radical (unpaired) electrons. The normalized spacial score (nSPS) is 17.4. The van der Waals surface area contributed by atoms with Crippen molar-refractivity contribution in [2.75, 3.05) is 39.9 Å². The number of thiazole rings is 1. The van der Waals surface area contributed by atoms with Gasteiger partial charge in [-0.25, -0.2) is 4.98 Å². The van der Waals surface area contributed by atoms with Crippen molar-refractivity contribution in [3.63, 3.8) is 0 Å². The second kappa shape index (κ2) is 9.72. The molecule has 5 rings (SSSR count). The topological polar surface area (TPSA) is 81.2 Å². The molecule has 3 aromatic rings. The van der Waals surface area contributed by atoms with Crippen LogP contribution in [0.5, 0.6) is 17.2 Å². The number of methoxy groups -OCH3 is 1. The fourth-order valence-electron chi connectivity index (χ4n) is 4.04. The summed E-state index contributed by atoms with van der Waals surface area (Å²) in [6, 6.07) is 15.0. The summed E-state index contributed by atoms with van der Waals surface area (Å²) in [6.07, 6.45) is -0.416. The van der Waals surface area contributed by atoms with E-state index in [1.807, 2.05) is 47.8 Å². The number of fused-ring (bicyclic) bond motifs is 1. The Morgan fingerprint density at radius 1 is 1.03 bits per heavy atom. The number of carbonyl (C=O) groups is 2. The fourth-order valence-corrected chi connectivity index (χ4v) is 4.87. The summed E-state index contributed by atoms with van der Waals surface area (Å²) in [7, 11) is 1.63. The largest absolute Gasteiger partial charge is 0.497 e. The zero-order chi connectivity index (χ0) is 23.5. The van der Waals surface area contributed by atoms with E-state index in [0.29, 0.717) is 37.7 Å². The van der Waals surface area contributed by atoms with E-state index in [-0.39, 0.29) is 24.8 Å². The number of hydrogen-bond donors (Lipinski definition) is 0. The Morgan fingerprint density at radius 3 is 2.47 bits per heavy atom. The molecule has 1 atom stereocenters. The van der Waals surface area contributed by atoms with E-state index in [1.165, 1.54) is 11.3 Å². The van der Waals surface area contributed by atoms with Gasteiger partial charge in [-0.3, -0.25) is 9.59 Å². The standard InChI is InChI=1S/C25H25N3O5S/c1-31-19-8-6-17(7-9-19)24-26-18(16-34-24)14-23(29)27-10-12-28(13-11-27)25(30)22-15-32-20-4-2-3-5-21(20)33-22/h2-9,16,22H,10-15H2,1H3/t22-/m0/s1. The highest BCUT2D eigenvalue weighted by atomic mass is 32.1. The Balaban J connectivity index is 1.13. The molecule has 0 spiro atoms. The van der Waals surface area contributed by atoms with E-state index in [9.17, 15) is 9.59 Å². The molecule has 0 saturated carbocycles. The second-order valence-corrected chi connectivity index (χ2v) is 8.98. The molecule has 34 heavy (non-hydrogen) atoms. The number of piperazine rings is 1. The highest BCUT2D eigenvalue weighted by Gasteiger charge is 2.33. The molecule has 2 aromatic carbocycles. The highest BCUT2D eigenvalue weighted by molar-refractivity contribution is 7.13. The molecule has 0 bridgehead atoms. The Hall–Kier alpha value is -3.59. The number of benzene rings is 2. The van der Waals surface area contributed by atoms with Gasteiger partial charge in [-0.15, -0.1) is 11.3 Å². The molecule has 2 amide bonds. The van der Waals surface area contributed by atoms with Crippen molar-refractivity contribution in [2.24, 2.45) is 0 Å². The van der Waals surface area contributed by atoms with Crippen LogP contribution in [-0.2, 0) is 16.0 Å². The lowest BCUT2D eigenvalue weighted by Crippen LogP contribution is -2.55. The SMILES string of the molecule is COc1ccc(-c2nc(CC(=O)N3CCN(C(=O)[C@@H]4COc5ccccc5O4)CC3)cs2)cc1. The van der Waals surface area contributed by atoms with Crippen molar-refractivity contribution in [1.29, 1.82) is 0 Å². The molecular formula is C25H25N3O5S. The molecule has 1 aromatic heterocycles. The zero-order valence-electron chi connectivity index (χ0n) is 18.8. The predicted octanol–water partition coefficient (Wildman–Crippen LogP) is 2.87. The lowest BCUT2D eigenvalue weighted by Gasteiger charge is -2.37. The van der Waals surface area contributed by atoms with Crippen LogP contribution in [0.25, 0.3) is 10.6 Å². The first-order chi connectivity index (χ1) is 16.6. The molecule has 2 aliphatic heterocycles. The van der Waals surface area contributed by atoms with Gasteiger partial charge in [0.15, 0.2) is 11.5 Å². The number of rotatable bonds is 5. The van der Waals surface area contributed by atoms with E-state index in [1.54, 1.807) is 23.0 Å². The van der Waals surface area contributed by atoms with E-state index in [4.69, 9.17) is 14.2 Å². The molecule has 1 saturated heterocycles. The average Bonchev–Trinajstić information content (AvgIpc) is 3.36. The van der Waals surface area contributed by atoms with Crippen LogP contribution < -0.4 is 14.2 Å². The number of carbonyl (C=O) groups excluding carboxylic acids is 2. The van der Waals surface area contributed by atoms with Gasteiger partial charge in [-0.05, 0) is 36.4 Å². The van der Waals surface area contributed by atoms with Crippen LogP contribution in [0.3, 0.4) is 0 Å². The fraction of sp³-hybridized carbons (Fsp3) is 0.320. The summed E-state index contributed by atoms with van der Waals surface area (Å²) >= 11 is 1.52. The quantitative estimate of drug-likeness (QED) is 0.560. The molecule has 1 fully saturated rings. The van der Waals surface area contributed by atoms with Crippen molar-refractivity contribution >= 4 is 23.2 Å². The molecule has 0 aliphatic carbocycles. The van der Waals surface area contributed by atoms with Crippen LogP contribution in [0.4, 0.5) is 0 Å². The zero-order valence-corrected chi connectivity index (χ0v) is 19.6. The van der Waals surface area contributed by atoms with Crippen LogP contribution >= 0.6 is 11.3 Å². The molecule has 176 valence electrons. The van der Waals surface area contributed by atoms with Gasteiger partial charge in [0, 0.05) is 37.1 Å². The van der Waals surface area contributed by atoms with E-state index in [2.05, 4.69) is 4.98 Å². The van der Waals surface area contributed by atoms with Crippen LogP contribution in [0.2, 0.25) is 0 Å². The first-order valence-electron chi connectivity index (χ1n) is 11.1. The first kappa shape index (κ1) is 22.2. The molecule has 3 heterocycles. The Morgan fingerprint density at radius 2 is 1.74 bits per heavy atom. The maximum atomic E-state index is 12.9. The van der Waals surface area contributed by atoms with Gasteiger partial charge in [0.25, 0.3) is 5.91 Å². The van der Waals surface area contributed by atoms with Gasteiger partial charge < -0.3 is 24.0 Å². The predicted molar refractivity (Wildman–Crippen MR) is 127 cm³/mol. The van der Waals surface area contributed by atoms with Gasteiger partial charge in [-0.2, -0.15) is 0 Å². The third-order valence-electron chi connectivity index (χ3n) is 5.95. The summed E-state index contributed by atoms with van der Waals surface area (Å²) in [5.41, 5.74) is 1.75. The van der Waals surface area contributed by atoms with E-state index < -0.39 is 6.10 Å². The molecular weight excluding hydrogens is 454 g/mol. The minimum atomic E-state index is -0.663. The third-order valence-corrected chi connectivity index (χ3v) is 6.89. The minimum absolute atomic E-state index is 0.0184. The molecule has 0 N–H and O–H groups in total. The lowest BCUT2D eigenvalue weighted by atomic mass is 10.2. The summed E-state index contributed by atoms with van der Waals surface area (Å²) in [4.78, 5) is 33.9. The summed E-state index contributed by atoms with van der Waals surface area (Å²) in [5.74, 6) is 1.94. The minimum Gasteiger partial charge on any atom is -0.497 e.